The molecule has 122 valence electrons. The Morgan fingerprint density at radius 3 is 2.68 bits per heavy atom. The second-order valence-electron chi connectivity index (χ2n) is 5.11. The van der Waals surface area contributed by atoms with Gasteiger partial charge in [-0.1, -0.05) is 6.07 Å². The van der Waals surface area contributed by atoms with Gasteiger partial charge in [0.1, 0.15) is 18.1 Å². The van der Waals surface area contributed by atoms with Gasteiger partial charge in [-0.05, 0) is 24.6 Å². The van der Waals surface area contributed by atoms with Gasteiger partial charge in [-0.15, -0.1) is 0 Å². The Kier molecular flexibility index (Phi) is 6.25. The van der Waals surface area contributed by atoms with Crippen LogP contribution in [0.3, 0.4) is 0 Å². The van der Waals surface area contributed by atoms with Crippen LogP contribution in [0.25, 0.3) is 0 Å². The summed E-state index contributed by atoms with van der Waals surface area (Å²) in [6, 6.07) is 4.84. The van der Waals surface area contributed by atoms with Gasteiger partial charge in [-0.3, -0.25) is 4.72 Å². The highest BCUT2D eigenvalue weighted by Crippen LogP contribution is 2.24. The minimum absolute atomic E-state index is 0. The zero-order valence-electron chi connectivity index (χ0n) is 12.5. The van der Waals surface area contributed by atoms with Crippen molar-refractivity contribution in [3.05, 3.63) is 42.5 Å². The summed E-state index contributed by atoms with van der Waals surface area (Å²) in [6.07, 6.45) is 6.19. The van der Waals surface area contributed by atoms with Gasteiger partial charge in [0.15, 0.2) is 0 Å². The number of rotatable bonds is 6. The van der Waals surface area contributed by atoms with Crippen molar-refractivity contribution in [2.75, 3.05) is 10.5 Å². The largest absolute Gasteiger partial charge is 1.00 e. The Labute approximate surface area is 136 Å². The van der Waals surface area contributed by atoms with E-state index in [4.69, 9.17) is 0 Å². The van der Waals surface area contributed by atoms with E-state index in [9.17, 15) is 13.5 Å². The molecular weight excluding hydrogens is 326 g/mol. The summed E-state index contributed by atoms with van der Waals surface area (Å²) in [5.41, 5.74) is 1.09. The van der Waals surface area contributed by atoms with Crippen molar-refractivity contribution < 1.29 is 30.5 Å². The molecule has 2 N–H and O–H groups in total. The average molecular weight is 346 g/mol. The Hall–Kier alpha value is -1.73. The number of aromatic nitrogens is 2. The van der Waals surface area contributed by atoms with Crippen LogP contribution >= 0.6 is 0 Å². The first-order chi connectivity index (χ1) is 9.85. The number of aromatic hydroxyl groups is 1. The molecule has 6 nitrogen and oxygen atoms in total. The van der Waals surface area contributed by atoms with E-state index in [0.29, 0.717) is 13.0 Å². The third-order valence-corrected chi connectivity index (χ3v) is 4.43. The molecule has 8 heteroatoms. The molecule has 1 aromatic carbocycles. The van der Waals surface area contributed by atoms with Crippen molar-refractivity contribution in [1.82, 2.24) is 4.57 Å². The second kappa shape index (κ2) is 7.51. The van der Waals surface area contributed by atoms with E-state index in [-0.39, 0.29) is 29.6 Å². The molecular formula is C14H20ClN3O3S. The van der Waals surface area contributed by atoms with Crippen LogP contribution < -0.4 is 21.7 Å². The van der Waals surface area contributed by atoms with Crippen LogP contribution in [-0.4, -0.2) is 23.8 Å². The third kappa shape index (κ3) is 5.23. The normalized spacial score (nSPS) is 11.0. The highest BCUT2D eigenvalue weighted by atomic mass is 35.5. The van der Waals surface area contributed by atoms with E-state index in [1.807, 2.05) is 41.8 Å². The van der Waals surface area contributed by atoms with E-state index in [2.05, 4.69) is 4.72 Å². The number of phenolic OH excluding ortho intramolecular Hbond substituents is 1. The Bertz CT molecular complexity index is 729. The monoisotopic (exact) mass is 345 g/mol. The Morgan fingerprint density at radius 2 is 2.09 bits per heavy atom. The van der Waals surface area contributed by atoms with Crippen LogP contribution in [-0.2, 0) is 23.6 Å². The molecule has 1 heterocycles. The van der Waals surface area contributed by atoms with Crippen LogP contribution in [0.4, 0.5) is 5.69 Å². The lowest BCUT2D eigenvalue weighted by molar-refractivity contribution is -0.671. The summed E-state index contributed by atoms with van der Waals surface area (Å²) in [4.78, 5) is 0. The van der Waals surface area contributed by atoms with Crippen molar-refractivity contribution in [3.8, 4) is 5.75 Å². The number of hydrogen-bond donors (Lipinski definition) is 2. The Balaban J connectivity index is 0.00000242. The predicted molar refractivity (Wildman–Crippen MR) is 80.5 cm³/mol. The molecule has 0 atom stereocenters. The molecule has 0 unspecified atom stereocenters. The van der Waals surface area contributed by atoms with Crippen LogP contribution in [0.2, 0.25) is 0 Å². The Morgan fingerprint density at radius 1 is 1.36 bits per heavy atom. The summed E-state index contributed by atoms with van der Waals surface area (Å²) in [6.45, 7) is 2.46. The fourth-order valence-electron chi connectivity index (χ4n) is 2.02. The predicted octanol–water partition coefficient (Wildman–Crippen LogP) is -1.84. The van der Waals surface area contributed by atoms with Crippen LogP contribution in [0.15, 0.2) is 36.9 Å². The minimum atomic E-state index is -3.46. The van der Waals surface area contributed by atoms with E-state index >= 15 is 0 Å². The number of aryl methyl sites for hydroxylation is 3. The average Bonchev–Trinajstić information content (AvgIpc) is 2.78. The molecule has 1 aromatic heterocycles. The number of hydrogen-bond acceptors (Lipinski definition) is 3. The fraction of sp³-hybridized carbons (Fsp3) is 0.357. The molecule has 0 aliphatic heterocycles. The molecule has 0 bridgehead atoms. The standard InChI is InChI=1S/C14H19N3O3S.ClH/c1-12-4-5-13(14(18)10-12)15-21(19,20)9-3-6-17-8-7-16(2)11-17;/h4-5,7-8,10-11,15H,3,6,9H2,1-2H3;1H. The zero-order valence-corrected chi connectivity index (χ0v) is 14.1. The number of nitrogens with zero attached hydrogens (tertiary/aromatic N) is 2. The summed E-state index contributed by atoms with van der Waals surface area (Å²) in [5.74, 6) is -0.0571. The maximum atomic E-state index is 12.0. The lowest BCUT2D eigenvalue weighted by atomic mass is 10.2. The van der Waals surface area contributed by atoms with Crippen molar-refractivity contribution >= 4 is 15.7 Å². The smallest absolute Gasteiger partial charge is 0.243 e. The molecule has 0 amide bonds. The van der Waals surface area contributed by atoms with E-state index < -0.39 is 10.0 Å². The van der Waals surface area contributed by atoms with Crippen LogP contribution in [0.1, 0.15) is 12.0 Å². The molecule has 0 radical (unpaired) electrons. The maximum Gasteiger partial charge on any atom is 0.243 e. The topological polar surface area (TPSA) is 75.2 Å². The second-order valence-corrected chi connectivity index (χ2v) is 6.95. The van der Waals surface area contributed by atoms with Gasteiger partial charge in [0.05, 0.1) is 25.0 Å². The first kappa shape index (κ1) is 18.3. The van der Waals surface area contributed by atoms with E-state index in [1.54, 1.807) is 12.1 Å². The lowest BCUT2D eigenvalue weighted by Crippen LogP contribution is -3.00. The molecule has 0 aliphatic carbocycles. The highest BCUT2D eigenvalue weighted by Gasteiger charge is 2.13. The summed E-state index contributed by atoms with van der Waals surface area (Å²) < 4.78 is 30.2. The first-order valence-corrected chi connectivity index (χ1v) is 8.32. The molecule has 0 fully saturated rings. The van der Waals surface area contributed by atoms with Crippen molar-refractivity contribution in [1.29, 1.82) is 0 Å². The molecule has 0 spiro atoms. The number of sulfonamides is 1. The van der Waals surface area contributed by atoms with Gasteiger partial charge in [0.25, 0.3) is 0 Å². The van der Waals surface area contributed by atoms with Gasteiger partial charge < -0.3 is 17.5 Å². The van der Waals surface area contributed by atoms with Crippen LogP contribution in [0.5, 0.6) is 5.75 Å². The van der Waals surface area contributed by atoms with Gasteiger partial charge in [-0.2, -0.15) is 0 Å². The van der Waals surface area contributed by atoms with Crippen LogP contribution in [0, 0.1) is 6.92 Å². The molecule has 0 saturated carbocycles. The minimum Gasteiger partial charge on any atom is -1.00 e. The van der Waals surface area contributed by atoms with Gasteiger partial charge in [-0.25, -0.2) is 17.6 Å². The van der Waals surface area contributed by atoms with Gasteiger partial charge in [0, 0.05) is 6.42 Å². The van der Waals surface area contributed by atoms with Gasteiger partial charge >= 0.3 is 0 Å². The summed E-state index contributed by atoms with van der Waals surface area (Å²) >= 11 is 0. The quantitative estimate of drug-likeness (QED) is 0.477. The zero-order chi connectivity index (χ0) is 15.5. The number of imidazole rings is 1. The summed E-state index contributed by atoms with van der Waals surface area (Å²) in [7, 11) is -1.55. The number of anilines is 1. The molecule has 22 heavy (non-hydrogen) atoms. The van der Waals surface area contributed by atoms with Crippen molar-refractivity contribution in [2.45, 2.75) is 19.9 Å². The number of halogens is 1. The van der Waals surface area contributed by atoms with Crippen molar-refractivity contribution in [2.24, 2.45) is 7.05 Å². The maximum absolute atomic E-state index is 12.0. The summed E-state index contributed by atoms with van der Waals surface area (Å²) in [5, 5.41) is 9.73. The van der Waals surface area contributed by atoms with Crippen molar-refractivity contribution in [3.63, 3.8) is 0 Å². The molecule has 2 aromatic rings. The third-order valence-electron chi connectivity index (χ3n) is 3.07. The molecule has 0 saturated heterocycles. The van der Waals surface area contributed by atoms with Gasteiger partial charge in [0.2, 0.25) is 16.4 Å². The first-order valence-electron chi connectivity index (χ1n) is 6.67. The molecule has 2 rings (SSSR count). The van der Waals surface area contributed by atoms with E-state index in [1.165, 1.54) is 6.07 Å². The SMILES string of the molecule is Cc1ccc(NS(=O)(=O)CCCn2cc[n+](C)c2)c(O)c1.[Cl-]. The van der Waals surface area contributed by atoms with E-state index in [0.717, 1.165) is 5.56 Å². The highest BCUT2D eigenvalue weighted by molar-refractivity contribution is 7.92. The number of phenols is 1. The molecule has 0 aliphatic rings. The number of benzene rings is 1. The fourth-order valence-corrected chi connectivity index (χ4v) is 3.14. The lowest BCUT2D eigenvalue weighted by Gasteiger charge is -2.09. The number of nitrogens with one attached hydrogen (secondary N) is 1.